The first-order chi connectivity index (χ1) is 9.16. The summed E-state index contributed by atoms with van der Waals surface area (Å²) in [5.74, 6) is -0.0125. The number of carbonyl (C=O) groups is 1. The quantitative estimate of drug-likeness (QED) is 0.876. The summed E-state index contributed by atoms with van der Waals surface area (Å²) in [4.78, 5) is 11.8. The summed E-state index contributed by atoms with van der Waals surface area (Å²) < 4.78 is 28.9. The molecule has 1 saturated heterocycles. The third-order valence-electron chi connectivity index (χ3n) is 3.02. The molecule has 1 aliphatic heterocycles. The first-order valence-corrected chi connectivity index (χ1v) is 6.20. The minimum Gasteiger partial charge on any atom is -0.434 e. The molecule has 20 heavy (non-hydrogen) atoms. The number of benzene rings is 1. The molecule has 0 aliphatic carbocycles. The first-order valence-electron chi connectivity index (χ1n) is 6.20. The molecule has 4 nitrogen and oxygen atoms in total. The number of ether oxygens (including phenoxy) is 1. The van der Waals surface area contributed by atoms with Crippen LogP contribution in [0.3, 0.4) is 0 Å². The van der Waals surface area contributed by atoms with E-state index in [9.17, 15) is 13.6 Å². The Bertz CT molecular complexity index is 440. The number of para-hydroxylation sites is 1. The Morgan fingerprint density at radius 3 is 2.85 bits per heavy atom. The van der Waals surface area contributed by atoms with Crippen LogP contribution in [0.25, 0.3) is 0 Å². The second-order valence-corrected chi connectivity index (χ2v) is 4.35. The van der Waals surface area contributed by atoms with E-state index >= 15 is 0 Å². The van der Waals surface area contributed by atoms with Gasteiger partial charge in [-0.15, -0.1) is 12.4 Å². The highest BCUT2D eigenvalue weighted by Gasteiger charge is 2.21. The van der Waals surface area contributed by atoms with E-state index in [0.717, 1.165) is 19.4 Å². The Kier molecular flexibility index (Phi) is 6.67. The van der Waals surface area contributed by atoms with Gasteiger partial charge >= 0.3 is 6.61 Å². The van der Waals surface area contributed by atoms with Crippen LogP contribution >= 0.6 is 12.4 Å². The first kappa shape index (κ1) is 16.7. The van der Waals surface area contributed by atoms with Crippen LogP contribution in [-0.4, -0.2) is 25.1 Å². The van der Waals surface area contributed by atoms with Crippen molar-refractivity contribution in [3.8, 4) is 5.75 Å². The van der Waals surface area contributed by atoms with Gasteiger partial charge in [0.15, 0.2) is 0 Å². The lowest BCUT2D eigenvalue weighted by Crippen LogP contribution is -2.40. The average Bonchev–Trinajstić information content (AvgIpc) is 2.90. The molecule has 7 heteroatoms. The molecule has 2 N–H and O–H groups in total. The van der Waals surface area contributed by atoms with Crippen molar-refractivity contribution in [2.75, 3.05) is 6.54 Å². The zero-order chi connectivity index (χ0) is 13.7. The number of nitrogens with one attached hydrogen (secondary N) is 2. The highest BCUT2D eigenvalue weighted by molar-refractivity contribution is 5.85. The van der Waals surface area contributed by atoms with Gasteiger partial charge in [-0.25, -0.2) is 0 Å². The predicted molar refractivity (Wildman–Crippen MR) is 73.2 cm³/mol. The summed E-state index contributed by atoms with van der Waals surface area (Å²) in [5.41, 5.74) is 0.536. The number of hydrogen-bond acceptors (Lipinski definition) is 3. The third-order valence-corrected chi connectivity index (χ3v) is 3.02. The van der Waals surface area contributed by atoms with Crippen LogP contribution in [0.15, 0.2) is 24.3 Å². The van der Waals surface area contributed by atoms with Gasteiger partial charge in [0, 0.05) is 12.1 Å². The Morgan fingerprint density at radius 1 is 1.45 bits per heavy atom. The lowest BCUT2D eigenvalue weighted by atomic mass is 10.2. The molecule has 1 aliphatic rings. The topological polar surface area (TPSA) is 50.4 Å². The van der Waals surface area contributed by atoms with E-state index < -0.39 is 6.61 Å². The summed E-state index contributed by atoms with van der Waals surface area (Å²) in [5, 5.41) is 5.80. The van der Waals surface area contributed by atoms with Crippen LogP contribution < -0.4 is 15.4 Å². The van der Waals surface area contributed by atoms with Gasteiger partial charge in [0.1, 0.15) is 5.75 Å². The van der Waals surface area contributed by atoms with Gasteiger partial charge in [0.05, 0.1) is 6.04 Å². The number of hydrogen-bond donors (Lipinski definition) is 2. The lowest BCUT2D eigenvalue weighted by Gasteiger charge is -2.13. The van der Waals surface area contributed by atoms with E-state index in [1.54, 1.807) is 18.2 Å². The fourth-order valence-electron chi connectivity index (χ4n) is 2.07. The van der Waals surface area contributed by atoms with Crippen LogP contribution in [0.5, 0.6) is 5.75 Å². The average molecular weight is 307 g/mol. The number of rotatable bonds is 5. The van der Waals surface area contributed by atoms with Crippen LogP contribution in [-0.2, 0) is 11.3 Å². The molecule has 0 aromatic heterocycles. The smallest absolute Gasteiger partial charge is 0.387 e. The highest BCUT2D eigenvalue weighted by atomic mass is 35.5. The fourth-order valence-corrected chi connectivity index (χ4v) is 2.07. The molecule has 0 radical (unpaired) electrons. The Morgan fingerprint density at radius 2 is 2.20 bits per heavy atom. The molecule has 1 fully saturated rings. The Balaban J connectivity index is 0.00000200. The predicted octanol–water partition coefficient (Wildman–Crippen LogP) is 2.08. The van der Waals surface area contributed by atoms with Gasteiger partial charge in [-0.05, 0) is 25.5 Å². The van der Waals surface area contributed by atoms with Gasteiger partial charge in [-0.3, -0.25) is 4.79 Å². The third kappa shape index (κ3) is 4.61. The van der Waals surface area contributed by atoms with Gasteiger partial charge in [-0.2, -0.15) is 8.78 Å². The number of amides is 1. The summed E-state index contributed by atoms with van der Waals surface area (Å²) in [6.45, 7) is -1.85. The fraction of sp³-hybridized carbons (Fsp3) is 0.462. The molecule has 0 spiro atoms. The summed E-state index contributed by atoms with van der Waals surface area (Å²) in [6, 6.07) is 6.26. The molecule has 0 unspecified atom stereocenters. The lowest BCUT2D eigenvalue weighted by molar-refractivity contribution is -0.122. The Labute approximate surface area is 122 Å². The number of halogens is 3. The minimum atomic E-state index is -2.87. The maximum absolute atomic E-state index is 12.2. The minimum absolute atomic E-state index is 0. The molecule has 1 atom stereocenters. The van der Waals surface area contributed by atoms with E-state index in [-0.39, 0.29) is 36.7 Å². The molecular formula is C13H17ClF2N2O2. The van der Waals surface area contributed by atoms with Crippen molar-refractivity contribution in [1.29, 1.82) is 0 Å². The van der Waals surface area contributed by atoms with Crippen molar-refractivity contribution >= 4 is 18.3 Å². The molecule has 0 saturated carbocycles. The number of carbonyl (C=O) groups excluding carboxylic acids is 1. The molecule has 0 bridgehead atoms. The summed E-state index contributed by atoms with van der Waals surface area (Å²) >= 11 is 0. The van der Waals surface area contributed by atoms with E-state index in [4.69, 9.17) is 0 Å². The van der Waals surface area contributed by atoms with Crippen LogP contribution in [0.2, 0.25) is 0 Å². The van der Waals surface area contributed by atoms with E-state index in [0.29, 0.717) is 5.56 Å². The van der Waals surface area contributed by atoms with E-state index in [2.05, 4.69) is 15.4 Å². The Hall–Kier alpha value is -1.40. The second kappa shape index (κ2) is 8.01. The van der Waals surface area contributed by atoms with E-state index in [1.165, 1.54) is 6.07 Å². The SMILES string of the molecule is Cl.O=C(NCc1ccccc1OC(F)F)[C@@H]1CCCN1. The zero-order valence-corrected chi connectivity index (χ0v) is 11.6. The zero-order valence-electron chi connectivity index (χ0n) is 10.8. The van der Waals surface area contributed by atoms with Gasteiger partial charge in [-0.1, -0.05) is 18.2 Å². The monoisotopic (exact) mass is 306 g/mol. The van der Waals surface area contributed by atoms with Crippen molar-refractivity contribution in [2.45, 2.75) is 32.0 Å². The summed E-state index contributed by atoms with van der Waals surface area (Å²) in [7, 11) is 0. The van der Waals surface area contributed by atoms with Crippen LogP contribution in [0.4, 0.5) is 8.78 Å². The molecule has 1 aromatic rings. The normalized spacial score (nSPS) is 17.6. The molecule has 1 aromatic carbocycles. The van der Waals surface area contributed by atoms with Crippen molar-refractivity contribution in [3.63, 3.8) is 0 Å². The molecule has 1 amide bonds. The van der Waals surface area contributed by atoms with Crippen molar-refractivity contribution in [1.82, 2.24) is 10.6 Å². The van der Waals surface area contributed by atoms with Gasteiger partial charge in [0.25, 0.3) is 0 Å². The van der Waals surface area contributed by atoms with Crippen molar-refractivity contribution < 1.29 is 18.3 Å². The van der Waals surface area contributed by atoms with Crippen molar-refractivity contribution in [3.05, 3.63) is 29.8 Å². The largest absolute Gasteiger partial charge is 0.434 e. The van der Waals surface area contributed by atoms with Crippen LogP contribution in [0, 0.1) is 0 Å². The number of alkyl halides is 2. The highest BCUT2D eigenvalue weighted by Crippen LogP contribution is 2.20. The maximum atomic E-state index is 12.2. The summed E-state index contributed by atoms with van der Waals surface area (Å²) in [6.07, 6.45) is 1.78. The second-order valence-electron chi connectivity index (χ2n) is 4.35. The van der Waals surface area contributed by atoms with Crippen LogP contribution in [0.1, 0.15) is 18.4 Å². The molecule has 1 heterocycles. The molecule has 2 rings (SSSR count). The van der Waals surface area contributed by atoms with Gasteiger partial charge in [0.2, 0.25) is 5.91 Å². The molecule has 112 valence electrons. The standard InChI is InChI=1S/C13H16F2N2O2.ClH/c14-13(15)19-11-6-2-1-4-9(11)8-17-12(18)10-5-3-7-16-10;/h1-2,4,6,10,13,16H,3,5,7-8H2,(H,17,18);1H/t10-;/m0./s1. The molecular weight excluding hydrogens is 290 g/mol. The van der Waals surface area contributed by atoms with E-state index in [1.807, 2.05) is 0 Å². The maximum Gasteiger partial charge on any atom is 0.387 e. The van der Waals surface area contributed by atoms with Gasteiger partial charge < -0.3 is 15.4 Å². The van der Waals surface area contributed by atoms with Crippen molar-refractivity contribution in [2.24, 2.45) is 0 Å².